The van der Waals surface area contributed by atoms with Crippen LogP contribution in [0.1, 0.15) is 57.5 Å². The number of hydrogen-bond donors (Lipinski definition) is 2. The van der Waals surface area contributed by atoms with Crippen molar-refractivity contribution < 1.29 is 28.7 Å². The van der Waals surface area contributed by atoms with E-state index in [1.54, 1.807) is 65.8 Å². The summed E-state index contributed by atoms with van der Waals surface area (Å²) < 4.78 is 10.3. The van der Waals surface area contributed by atoms with Gasteiger partial charge in [0.15, 0.2) is 0 Å². The van der Waals surface area contributed by atoms with E-state index in [-0.39, 0.29) is 25.6 Å². The van der Waals surface area contributed by atoms with Crippen LogP contribution in [0.4, 0.5) is 9.59 Å². The molecule has 0 aliphatic rings. The normalized spacial score (nSPS) is 11.4. The van der Waals surface area contributed by atoms with Crippen molar-refractivity contribution in [1.82, 2.24) is 15.7 Å². The number of benzene rings is 1. The minimum absolute atomic E-state index is 0.150. The molecule has 30 heavy (non-hydrogen) atoms. The van der Waals surface area contributed by atoms with Crippen LogP contribution in [0.3, 0.4) is 0 Å². The number of alkyl carbamates (subject to hydrolysis) is 1. The summed E-state index contributed by atoms with van der Waals surface area (Å²) in [6, 6.07) is 6.78. The monoisotopic (exact) mass is 423 g/mol. The van der Waals surface area contributed by atoms with Crippen LogP contribution in [-0.4, -0.2) is 54.5 Å². The molecule has 0 atom stereocenters. The van der Waals surface area contributed by atoms with Crippen molar-refractivity contribution in [2.24, 2.45) is 0 Å². The molecule has 9 heteroatoms. The highest BCUT2D eigenvalue weighted by Gasteiger charge is 2.20. The Labute approximate surface area is 178 Å². The van der Waals surface area contributed by atoms with Crippen LogP contribution in [-0.2, 0) is 20.9 Å². The summed E-state index contributed by atoms with van der Waals surface area (Å²) in [5, 5.41) is 6.32. The van der Waals surface area contributed by atoms with Gasteiger partial charge < -0.3 is 20.1 Å². The quantitative estimate of drug-likeness (QED) is 0.515. The van der Waals surface area contributed by atoms with Crippen molar-refractivity contribution in [2.45, 2.75) is 59.4 Å². The number of nitrogens with one attached hydrogen (secondary N) is 2. The lowest BCUT2D eigenvalue weighted by atomic mass is 10.1. The highest BCUT2D eigenvalue weighted by atomic mass is 16.7. The maximum atomic E-state index is 12.2. The molecule has 0 heterocycles. The first-order valence-electron chi connectivity index (χ1n) is 9.70. The van der Waals surface area contributed by atoms with Gasteiger partial charge in [0.2, 0.25) is 0 Å². The third-order valence-corrected chi connectivity index (χ3v) is 3.37. The van der Waals surface area contributed by atoms with E-state index in [0.717, 1.165) is 10.6 Å². The molecule has 0 unspecified atom stereocenters. The molecule has 0 radical (unpaired) electrons. The summed E-state index contributed by atoms with van der Waals surface area (Å²) in [4.78, 5) is 40.9. The molecule has 0 spiro atoms. The van der Waals surface area contributed by atoms with Crippen LogP contribution in [0, 0.1) is 0 Å². The topological polar surface area (TPSA) is 106 Å². The maximum absolute atomic E-state index is 12.2. The molecular formula is C21H33N3O6. The molecule has 3 amide bonds. The molecule has 0 saturated heterocycles. The first-order valence-corrected chi connectivity index (χ1v) is 9.70. The van der Waals surface area contributed by atoms with Gasteiger partial charge >= 0.3 is 12.2 Å². The van der Waals surface area contributed by atoms with E-state index < -0.39 is 23.4 Å². The number of carbonyl (C=O) groups excluding carboxylic acids is 3. The summed E-state index contributed by atoms with van der Waals surface area (Å²) in [5.74, 6) is -0.265. The van der Waals surface area contributed by atoms with E-state index in [0.29, 0.717) is 5.56 Å². The van der Waals surface area contributed by atoms with Crippen LogP contribution in [0.2, 0.25) is 0 Å². The highest BCUT2D eigenvalue weighted by Crippen LogP contribution is 2.11. The zero-order valence-corrected chi connectivity index (χ0v) is 18.8. The maximum Gasteiger partial charge on any atom is 0.434 e. The Kier molecular flexibility index (Phi) is 9.10. The van der Waals surface area contributed by atoms with E-state index in [2.05, 4.69) is 10.6 Å². The predicted octanol–water partition coefficient (Wildman–Crippen LogP) is 3.24. The largest absolute Gasteiger partial charge is 0.444 e. The third-order valence-electron chi connectivity index (χ3n) is 3.37. The lowest BCUT2D eigenvalue weighted by Crippen LogP contribution is -2.37. The van der Waals surface area contributed by atoms with E-state index in [4.69, 9.17) is 14.3 Å². The molecule has 0 saturated carbocycles. The number of hydroxylamine groups is 2. The molecule has 168 valence electrons. The first-order chi connectivity index (χ1) is 13.8. The van der Waals surface area contributed by atoms with E-state index in [1.165, 1.54) is 7.05 Å². The second kappa shape index (κ2) is 10.8. The summed E-state index contributed by atoms with van der Waals surface area (Å²) in [7, 11) is 1.47. The average Bonchev–Trinajstić information content (AvgIpc) is 2.60. The van der Waals surface area contributed by atoms with Gasteiger partial charge in [-0.1, -0.05) is 12.1 Å². The lowest BCUT2D eigenvalue weighted by Gasteiger charge is -2.24. The van der Waals surface area contributed by atoms with Gasteiger partial charge in [-0.2, -0.15) is 5.06 Å². The van der Waals surface area contributed by atoms with Crippen molar-refractivity contribution in [3.63, 3.8) is 0 Å². The number of nitrogens with zero attached hydrogens (tertiary/aromatic N) is 1. The van der Waals surface area contributed by atoms with Gasteiger partial charge in [0.1, 0.15) is 17.8 Å². The molecule has 1 aromatic carbocycles. The molecule has 1 aromatic rings. The second-order valence-corrected chi connectivity index (χ2v) is 8.63. The van der Waals surface area contributed by atoms with Crippen molar-refractivity contribution in [1.29, 1.82) is 0 Å². The molecule has 1 rings (SSSR count). The van der Waals surface area contributed by atoms with E-state index >= 15 is 0 Å². The molecular weight excluding hydrogens is 390 g/mol. The van der Waals surface area contributed by atoms with Crippen LogP contribution in [0.15, 0.2) is 24.3 Å². The Bertz CT molecular complexity index is 720. The predicted molar refractivity (Wildman–Crippen MR) is 112 cm³/mol. The van der Waals surface area contributed by atoms with Gasteiger partial charge in [0.05, 0.1) is 0 Å². The Hall–Kier alpha value is -2.81. The number of ether oxygens (including phenoxy) is 2. The molecule has 0 aromatic heterocycles. The Morgan fingerprint density at radius 3 is 1.93 bits per heavy atom. The van der Waals surface area contributed by atoms with Gasteiger partial charge in [-0.05, 0) is 59.2 Å². The minimum Gasteiger partial charge on any atom is -0.444 e. The average molecular weight is 424 g/mol. The number of carbonyl (C=O) groups is 3. The summed E-state index contributed by atoms with van der Waals surface area (Å²) in [5.41, 5.74) is 0.0807. The van der Waals surface area contributed by atoms with Crippen LogP contribution in [0.25, 0.3) is 0 Å². The fourth-order valence-corrected chi connectivity index (χ4v) is 2.06. The molecule has 0 aliphatic carbocycles. The molecule has 0 fully saturated rings. The Balaban J connectivity index is 2.38. The Morgan fingerprint density at radius 2 is 1.40 bits per heavy atom. The SMILES string of the molecule is CN(OCc1ccc(C(=O)NCCNC(=O)OC(C)(C)C)cc1)C(=O)OC(C)(C)C. The zero-order valence-electron chi connectivity index (χ0n) is 18.8. The van der Waals surface area contributed by atoms with Gasteiger partial charge in [0.25, 0.3) is 5.91 Å². The third kappa shape index (κ3) is 10.7. The van der Waals surface area contributed by atoms with Gasteiger partial charge in [-0.25, -0.2) is 9.59 Å². The van der Waals surface area contributed by atoms with Crippen molar-refractivity contribution in [3.05, 3.63) is 35.4 Å². The molecule has 2 N–H and O–H groups in total. The number of amides is 3. The van der Waals surface area contributed by atoms with E-state index in [9.17, 15) is 14.4 Å². The summed E-state index contributed by atoms with van der Waals surface area (Å²) in [6.07, 6.45) is -1.11. The second-order valence-electron chi connectivity index (χ2n) is 8.63. The number of hydrogen-bond acceptors (Lipinski definition) is 6. The first kappa shape index (κ1) is 25.2. The van der Waals surface area contributed by atoms with Crippen LogP contribution < -0.4 is 10.6 Å². The standard InChI is InChI=1S/C21H33N3O6/c1-20(2,3)29-18(26)23-13-12-22-17(25)16-10-8-15(9-11-16)14-28-24(7)19(27)30-21(4,5)6/h8-11H,12-14H2,1-7H3,(H,22,25)(H,23,26). The minimum atomic E-state index is -0.605. The smallest absolute Gasteiger partial charge is 0.434 e. The lowest BCUT2D eigenvalue weighted by molar-refractivity contribution is -0.140. The van der Waals surface area contributed by atoms with Gasteiger partial charge in [-0.3, -0.25) is 9.63 Å². The van der Waals surface area contributed by atoms with E-state index in [1.807, 2.05) is 0 Å². The van der Waals surface area contributed by atoms with Crippen molar-refractivity contribution >= 4 is 18.1 Å². The molecule has 0 aliphatic heterocycles. The van der Waals surface area contributed by atoms with Gasteiger partial charge in [0, 0.05) is 25.7 Å². The fraction of sp³-hybridized carbons (Fsp3) is 0.571. The Morgan fingerprint density at radius 1 is 0.867 bits per heavy atom. The fourth-order valence-electron chi connectivity index (χ4n) is 2.06. The summed E-state index contributed by atoms with van der Waals surface area (Å²) >= 11 is 0. The van der Waals surface area contributed by atoms with Crippen molar-refractivity contribution in [3.8, 4) is 0 Å². The zero-order chi connectivity index (χ0) is 22.9. The highest BCUT2D eigenvalue weighted by molar-refractivity contribution is 5.94. The molecule has 9 nitrogen and oxygen atoms in total. The number of rotatable bonds is 7. The van der Waals surface area contributed by atoms with Crippen molar-refractivity contribution in [2.75, 3.05) is 20.1 Å². The van der Waals surface area contributed by atoms with Crippen LogP contribution >= 0.6 is 0 Å². The van der Waals surface area contributed by atoms with Gasteiger partial charge in [-0.15, -0.1) is 0 Å². The summed E-state index contributed by atoms with van der Waals surface area (Å²) in [6.45, 7) is 11.3. The molecule has 0 bridgehead atoms. The van der Waals surface area contributed by atoms with Crippen LogP contribution in [0.5, 0.6) is 0 Å².